The van der Waals surface area contributed by atoms with Crippen LogP contribution in [0.4, 0.5) is 51.7 Å². The number of allylic oxidation sites excluding steroid dienone is 4. The van der Waals surface area contributed by atoms with Gasteiger partial charge in [0.15, 0.2) is 11.4 Å². The first-order valence-corrected chi connectivity index (χ1v) is 29.7. The number of alkyl halides is 4. The molecule has 0 aliphatic carbocycles. The van der Waals surface area contributed by atoms with Crippen molar-refractivity contribution in [1.82, 2.24) is 9.13 Å². The summed E-state index contributed by atoms with van der Waals surface area (Å²) in [6, 6.07) is 51.1. The van der Waals surface area contributed by atoms with Crippen LogP contribution in [0.5, 0.6) is 0 Å². The summed E-state index contributed by atoms with van der Waals surface area (Å²) in [6.07, 6.45) is -3.90. The monoisotopic (exact) mass is 1120 g/mol. The minimum atomic E-state index is -3.27. The molecule has 0 atom stereocenters. The van der Waals surface area contributed by atoms with Gasteiger partial charge >= 0.3 is 12.3 Å². The van der Waals surface area contributed by atoms with E-state index in [2.05, 4.69) is 169 Å². The Kier molecular flexibility index (Phi) is 13.8. The Morgan fingerprint density at radius 2 is 0.619 bits per heavy atom. The summed E-state index contributed by atoms with van der Waals surface area (Å²) in [5, 5.41) is 0. The molecule has 10 heteroatoms. The second kappa shape index (κ2) is 20.7. The first kappa shape index (κ1) is 56.0. The highest BCUT2D eigenvalue weighted by Gasteiger charge is 2.61. The highest BCUT2D eigenvalue weighted by Crippen LogP contribution is 2.53. The van der Waals surface area contributed by atoms with Crippen LogP contribution >= 0.6 is 0 Å². The lowest BCUT2D eigenvalue weighted by atomic mass is 9.92. The molecular formula is C74H74F4N6+2. The van der Waals surface area contributed by atoms with Crippen LogP contribution in [0.1, 0.15) is 136 Å². The van der Waals surface area contributed by atoms with Crippen LogP contribution in [0, 0.1) is 41.5 Å². The summed E-state index contributed by atoms with van der Waals surface area (Å²) in [7, 11) is 0. The molecule has 0 saturated carbocycles. The molecule has 6 heterocycles. The molecule has 6 nitrogen and oxygen atoms in total. The number of anilines is 6. The van der Waals surface area contributed by atoms with Gasteiger partial charge < -0.3 is 9.80 Å². The third-order valence-corrected chi connectivity index (χ3v) is 18.6. The molecule has 0 unspecified atom stereocenters. The quantitative estimate of drug-likeness (QED) is 0.0652. The normalized spacial score (nSPS) is 16.1. The number of aromatic nitrogens is 2. The lowest BCUT2D eigenvalue weighted by Crippen LogP contribution is -2.43. The van der Waals surface area contributed by atoms with Gasteiger partial charge in [0.1, 0.15) is 0 Å². The van der Waals surface area contributed by atoms with Crippen LogP contribution < -0.4 is 9.80 Å². The van der Waals surface area contributed by atoms with Gasteiger partial charge in [-0.05, 0) is 198 Å². The Balaban J connectivity index is 0.889. The summed E-state index contributed by atoms with van der Waals surface area (Å²) < 4.78 is 73.3. The van der Waals surface area contributed by atoms with E-state index < -0.39 is 12.3 Å². The number of halogens is 4. The summed E-state index contributed by atoms with van der Waals surface area (Å²) in [4.78, 5) is 4.49. The van der Waals surface area contributed by atoms with Crippen molar-refractivity contribution in [3.8, 4) is 11.1 Å². The predicted octanol–water partition coefficient (Wildman–Crippen LogP) is 19.9. The van der Waals surface area contributed by atoms with Crippen molar-refractivity contribution in [3.05, 3.63) is 247 Å². The first-order chi connectivity index (χ1) is 40.2. The van der Waals surface area contributed by atoms with Crippen LogP contribution in [-0.4, -0.2) is 29.7 Å². The molecule has 0 saturated heterocycles. The van der Waals surface area contributed by atoms with Gasteiger partial charge in [-0.3, -0.25) is 0 Å². The van der Waals surface area contributed by atoms with Crippen LogP contribution in [0.15, 0.2) is 179 Å². The maximum Gasteiger partial charge on any atom is 0.565 e. The fourth-order valence-electron chi connectivity index (χ4n) is 14.6. The molecule has 426 valence electrons. The summed E-state index contributed by atoms with van der Waals surface area (Å²) in [5.74, 6) is 0. The number of hydrogen-bond donors (Lipinski definition) is 0. The third kappa shape index (κ3) is 8.32. The molecule has 0 bridgehead atoms. The summed E-state index contributed by atoms with van der Waals surface area (Å²) in [5.41, 5.74) is 25.8. The zero-order chi connectivity index (χ0) is 59.6. The number of rotatable bonds is 13. The molecule has 8 aromatic rings. The number of benzene rings is 6. The van der Waals surface area contributed by atoms with Gasteiger partial charge in [-0.15, -0.1) is 26.7 Å². The standard InChI is InChI=1S/C74H74F4N6/c1-15-63-45(7)69-67(70-46(8)64(16-2)50(12)82(70)73(75,76)81(69)49(63)11)55-27-39-61(40-28-55)79(57-31-19-43(5)20-32-57)59-35-23-53(24-36-59)54-25-37-60(38-26-54)80(58-33-21-44(6)22-34-58)62-41-29-56(30-42-62)68-71-47(9)65(17-3)51(13)83(71)74(77,78)84-52(14)66(18-4)48(10)72(68)84/h19-42H,15-18H2,1-14H3/q+2. The zero-order valence-electron chi connectivity index (χ0n) is 50.9. The molecule has 0 amide bonds. The van der Waals surface area contributed by atoms with Crippen molar-refractivity contribution < 1.29 is 26.7 Å². The topological polar surface area (TPSA) is 22.4 Å². The molecule has 0 spiro atoms. The Hall–Kier alpha value is -8.50. The molecule has 2 aromatic heterocycles. The van der Waals surface area contributed by atoms with E-state index in [4.69, 9.17) is 0 Å². The molecule has 4 aliphatic heterocycles. The fourth-order valence-corrected chi connectivity index (χ4v) is 14.6. The van der Waals surface area contributed by atoms with E-state index in [9.17, 15) is 0 Å². The summed E-state index contributed by atoms with van der Waals surface area (Å²) >= 11 is 0. The van der Waals surface area contributed by atoms with Crippen molar-refractivity contribution in [2.45, 2.75) is 135 Å². The zero-order valence-corrected chi connectivity index (χ0v) is 50.9. The average Bonchev–Trinajstić information content (AvgIpc) is 1.54. The average molecular weight is 1120 g/mol. The highest BCUT2D eigenvalue weighted by atomic mass is 19.3. The molecule has 0 radical (unpaired) electrons. The van der Waals surface area contributed by atoms with Gasteiger partial charge in [-0.25, -0.2) is 9.13 Å². The van der Waals surface area contributed by atoms with Crippen LogP contribution in [0.25, 0.3) is 22.3 Å². The third-order valence-electron chi connectivity index (χ3n) is 18.6. The number of hydrogen-bond acceptors (Lipinski definition) is 2. The first-order valence-electron chi connectivity index (χ1n) is 29.7. The van der Waals surface area contributed by atoms with Crippen molar-refractivity contribution >= 4 is 56.7 Å². The SMILES string of the molecule is CCC1=C(C)C2=C(c3ccc(N(c4ccc(C)cc4)c4ccc(-c5ccc(N(c6ccc(C)cc6)c6ccc(C7=C8C(C)=C(CC)C(C)=[N+]8C(F)(F)n8c(C)c(CC)c(C)c87)cc6)cc5)cc4)cc3)c3c(C)c(CC)c(C)n3C(F)(F)[N+]2=C1C. The van der Waals surface area contributed by atoms with E-state index in [1.54, 1.807) is 0 Å². The summed E-state index contributed by atoms with van der Waals surface area (Å²) in [6.45, 7) is 27.7. The maximum atomic E-state index is 17.0. The van der Waals surface area contributed by atoms with Gasteiger partial charge in [-0.2, -0.15) is 0 Å². The van der Waals surface area contributed by atoms with E-state index in [0.29, 0.717) is 71.3 Å². The van der Waals surface area contributed by atoms with Crippen molar-refractivity contribution in [3.63, 3.8) is 0 Å². The van der Waals surface area contributed by atoms with Gasteiger partial charge in [0, 0.05) is 81.7 Å². The van der Waals surface area contributed by atoms with Crippen LogP contribution in [-0.2, 0) is 25.2 Å². The van der Waals surface area contributed by atoms with E-state index in [1.807, 2.05) is 83.1 Å². The number of nitrogens with zero attached hydrogens (tertiary/aromatic N) is 6. The smallest absolute Gasteiger partial charge is 0.311 e. The van der Waals surface area contributed by atoms with Crippen molar-refractivity contribution in [2.75, 3.05) is 9.80 Å². The second-order valence-electron chi connectivity index (χ2n) is 23.2. The van der Waals surface area contributed by atoms with E-state index in [0.717, 1.165) is 123 Å². The molecular weight excluding hydrogens is 1050 g/mol. The van der Waals surface area contributed by atoms with E-state index in [1.165, 1.54) is 18.3 Å². The maximum absolute atomic E-state index is 17.0. The van der Waals surface area contributed by atoms with Crippen molar-refractivity contribution in [1.29, 1.82) is 0 Å². The number of aryl methyl sites for hydroxylation is 2. The van der Waals surface area contributed by atoms with E-state index >= 15 is 17.6 Å². The van der Waals surface area contributed by atoms with Gasteiger partial charge in [0.05, 0.1) is 22.5 Å². The highest BCUT2D eigenvalue weighted by molar-refractivity contribution is 6.02. The Morgan fingerprint density at radius 1 is 0.357 bits per heavy atom. The molecule has 0 fully saturated rings. The Bertz CT molecular complexity index is 3940. The second-order valence-corrected chi connectivity index (χ2v) is 23.2. The Morgan fingerprint density at radius 3 is 0.881 bits per heavy atom. The van der Waals surface area contributed by atoms with Gasteiger partial charge in [0.2, 0.25) is 11.4 Å². The largest absolute Gasteiger partial charge is 0.565 e. The fraction of sp³-hybridized carbons (Fsp3) is 0.270. The lowest BCUT2D eigenvalue weighted by Gasteiger charge is -2.28. The van der Waals surface area contributed by atoms with Gasteiger partial charge in [-0.1, -0.05) is 112 Å². The van der Waals surface area contributed by atoms with E-state index in [-0.39, 0.29) is 0 Å². The Labute approximate surface area is 492 Å². The minimum absolute atomic E-state index is 0.584. The predicted molar refractivity (Wildman–Crippen MR) is 338 cm³/mol. The number of fused-ring (bicyclic) bond motifs is 4. The van der Waals surface area contributed by atoms with Crippen molar-refractivity contribution in [2.24, 2.45) is 0 Å². The minimum Gasteiger partial charge on any atom is -0.311 e. The molecule has 0 N–H and O–H groups in total. The molecule has 12 rings (SSSR count). The lowest BCUT2D eigenvalue weighted by molar-refractivity contribution is -0.676. The molecule has 6 aromatic carbocycles. The van der Waals surface area contributed by atoms with Crippen LogP contribution in [0.2, 0.25) is 0 Å². The van der Waals surface area contributed by atoms with Gasteiger partial charge in [0.25, 0.3) is 0 Å². The molecule has 84 heavy (non-hydrogen) atoms. The van der Waals surface area contributed by atoms with Crippen LogP contribution in [0.3, 0.4) is 0 Å². The molecule has 4 aliphatic rings.